The van der Waals surface area contributed by atoms with Crippen LogP contribution in [0.25, 0.3) is 0 Å². The van der Waals surface area contributed by atoms with E-state index in [2.05, 4.69) is 19.9 Å². The highest BCUT2D eigenvalue weighted by molar-refractivity contribution is 5.89. The first-order chi connectivity index (χ1) is 13.9. The third-order valence-corrected chi connectivity index (χ3v) is 9.25. The third kappa shape index (κ3) is 3.00. The van der Waals surface area contributed by atoms with Gasteiger partial charge in [0.2, 0.25) is 0 Å². The molecule has 0 amide bonds. The van der Waals surface area contributed by atoms with Gasteiger partial charge in [0.25, 0.3) is 0 Å². The molecule has 4 aliphatic carbocycles. The van der Waals surface area contributed by atoms with E-state index < -0.39 is 0 Å². The largest absolute Gasteiger partial charge is 0.458 e. The van der Waals surface area contributed by atoms with Crippen LogP contribution in [0.1, 0.15) is 75.6 Å². The Balaban J connectivity index is 1.36. The lowest BCUT2D eigenvalue weighted by molar-refractivity contribution is -0.0778. The lowest BCUT2D eigenvalue weighted by Crippen LogP contribution is -2.51. The van der Waals surface area contributed by atoms with Gasteiger partial charge in [0.15, 0.2) is 0 Å². The van der Waals surface area contributed by atoms with Crippen LogP contribution in [0, 0.1) is 28.6 Å². The summed E-state index contributed by atoms with van der Waals surface area (Å²) in [6, 6.07) is 9.42. The Morgan fingerprint density at radius 3 is 2.62 bits per heavy atom. The van der Waals surface area contributed by atoms with Crippen LogP contribution >= 0.6 is 0 Å². The maximum Gasteiger partial charge on any atom is 0.338 e. The molecule has 0 saturated heterocycles. The van der Waals surface area contributed by atoms with E-state index in [0.717, 1.165) is 44.4 Å². The number of ether oxygens (including phenoxy) is 1. The van der Waals surface area contributed by atoms with Crippen LogP contribution in [-0.2, 0) is 4.74 Å². The van der Waals surface area contributed by atoms with Gasteiger partial charge >= 0.3 is 5.97 Å². The van der Waals surface area contributed by atoms with Crippen LogP contribution in [0.3, 0.4) is 0 Å². The van der Waals surface area contributed by atoms with Gasteiger partial charge in [-0.1, -0.05) is 43.7 Å². The van der Waals surface area contributed by atoms with Crippen molar-refractivity contribution in [2.75, 3.05) is 0 Å². The summed E-state index contributed by atoms with van der Waals surface area (Å²) < 4.78 is 6.11. The van der Waals surface area contributed by atoms with Crippen LogP contribution in [0.15, 0.2) is 42.0 Å². The summed E-state index contributed by atoms with van der Waals surface area (Å²) in [4.78, 5) is 12.7. The molecule has 1 aromatic carbocycles. The molecule has 1 aromatic rings. The van der Waals surface area contributed by atoms with Crippen molar-refractivity contribution in [1.29, 1.82) is 0 Å². The van der Waals surface area contributed by atoms with Gasteiger partial charge in [0.1, 0.15) is 6.10 Å². The number of hydrogen-bond donors (Lipinski definition) is 1. The number of aliphatic hydroxyl groups excluding tert-OH is 1. The highest BCUT2D eigenvalue weighted by Crippen LogP contribution is 2.65. The Kier molecular flexibility index (Phi) is 4.66. The van der Waals surface area contributed by atoms with Crippen LogP contribution in [-0.4, -0.2) is 23.3 Å². The highest BCUT2D eigenvalue weighted by atomic mass is 16.5. The molecule has 3 heteroatoms. The Bertz CT molecular complexity index is 815. The minimum Gasteiger partial charge on any atom is -0.458 e. The minimum atomic E-state index is -0.168. The van der Waals surface area contributed by atoms with E-state index in [4.69, 9.17) is 4.74 Å². The van der Waals surface area contributed by atoms with E-state index in [9.17, 15) is 9.90 Å². The molecule has 0 bridgehead atoms. The van der Waals surface area contributed by atoms with Gasteiger partial charge in [0, 0.05) is 5.41 Å². The van der Waals surface area contributed by atoms with Crippen LogP contribution in [0.4, 0.5) is 0 Å². The van der Waals surface area contributed by atoms with E-state index in [1.165, 1.54) is 18.4 Å². The van der Waals surface area contributed by atoms with E-state index in [1.807, 2.05) is 30.3 Å². The Morgan fingerprint density at radius 1 is 1.03 bits per heavy atom. The lowest BCUT2D eigenvalue weighted by atomic mass is 9.48. The second-order valence-corrected chi connectivity index (χ2v) is 10.5. The molecule has 156 valence electrons. The molecule has 0 radical (unpaired) electrons. The van der Waals surface area contributed by atoms with Gasteiger partial charge in [0.05, 0.1) is 11.7 Å². The summed E-state index contributed by atoms with van der Waals surface area (Å²) >= 11 is 0. The van der Waals surface area contributed by atoms with Crippen molar-refractivity contribution in [3.63, 3.8) is 0 Å². The van der Waals surface area contributed by atoms with Gasteiger partial charge in [-0.15, -0.1) is 0 Å². The van der Waals surface area contributed by atoms with Crippen LogP contribution in [0.5, 0.6) is 0 Å². The van der Waals surface area contributed by atoms with Gasteiger partial charge in [-0.25, -0.2) is 4.79 Å². The lowest BCUT2D eigenvalue weighted by Gasteiger charge is -2.57. The number of allylic oxidation sites excluding steroid dienone is 1. The Labute approximate surface area is 174 Å². The quantitative estimate of drug-likeness (QED) is 0.529. The summed E-state index contributed by atoms with van der Waals surface area (Å²) in [6.07, 6.45) is 11.0. The van der Waals surface area contributed by atoms with Gasteiger partial charge in [-0.2, -0.15) is 0 Å². The topological polar surface area (TPSA) is 46.5 Å². The number of hydrogen-bond acceptors (Lipinski definition) is 3. The Hall–Kier alpha value is -1.61. The molecule has 5 rings (SSSR count). The van der Waals surface area contributed by atoms with E-state index in [1.54, 1.807) is 0 Å². The summed E-state index contributed by atoms with van der Waals surface area (Å²) in [7, 11) is 0. The average Bonchev–Trinajstić information content (AvgIpc) is 3.05. The number of esters is 1. The number of aliphatic hydroxyl groups is 1. The van der Waals surface area contributed by atoms with Crippen molar-refractivity contribution in [2.45, 2.75) is 77.4 Å². The number of benzene rings is 1. The molecule has 0 spiro atoms. The molecular formula is C26H34O3. The van der Waals surface area contributed by atoms with Crippen molar-refractivity contribution in [3.05, 3.63) is 47.5 Å². The first-order valence-electron chi connectivity index (χ1n) is 11.6. The third-order valence-electron chi connectivity index (χ3n) is 9.25. The molecule has 4 aliphatic rings. The molecule has 3 nitrogen and oxygen atoms in total. The maximum absolute atomic E-state index is 12.7. The average molecular weight is 395 g/mol. The van der Waals surface area contributed by atoms with Gasteiger partial charge in [-0.3, -0.25) is 0 Å². The monoisotopic (exact) mass is 394 g/mol. The Morgan fingerprint density at radius 2 is 1.83 bits per heavy atom. The molecule has 7 unspecified atom stereocenters. The fraction of sp³-hybridized carbons (Fsp3) is 0.654. The zero-order valence-corrected chi connectivity index (χ0v) is 17.8. The molecule has 3 saturated carbocycles. The SMILES string of the molecule is CC12CCC(O)CC1=CCC1C2CCC2(C)C(OC(=O)c3ccccc3)CCC12. The zero-order valence-electron chi connectivity index (χ0n) is 17.8. The second kappa shape index (κ2) is 6.97. The smallest absolute Gasteiger partial charge is 0.338 e. The number of fused-ring (bicyclic) bond motifs is 5. The number of carbonyl (C=O) groups excluding carboxylic acids is 1. The fourth-order valence-corrected chi connectivity index (χ4v) is 7.56. The number of rotatable bonds is 2. The van der Waals surface area contributed by atoms with E-state index in [-0.39, 0.29) is 29.0 Å². The molecule has 0 aliphatic heterocycles. The highest BCUT2D eigenvalue weighted by Gasteiger charge is 2.59. The molecule has 1 N–H and O–H groups in total. The first-order valence-corrected chi connectivity index (χ1v) is 11.6. The van der Waals surface area contributed by atoms with Gasteiger partial charge < -0.3 is 9.84 Å². The summed E-state index contributed by atoms with van der Waals surface area (Å²) in [5.41, 5.74) is 2.54. The van der Waals surface area contributed by atoms with Crippen molar-refractivity contribution in [2.24, 2.45) is 28.6 Å². The van der Waals surface area contributed by atoms with Gasteiger partial charge in [-0.05, 0) is 86.7 Å². The van der Waals surface area contributed by atoms with E-state index in [0.29, 0.717) is 17.4 Å². The number of carbonyl (C=O) groups is 1. The van der Waals surface area contributed by atoms with E-state index >= 15 is 0 Å². The molecule has 3 fully saturated rings. The van der Waals surface area contributed by atoms with Crippen molar-refractivity contribution >= 4 is 5.97 Å². The minimum absolute atomic E-state index is 0.0347. The summed E-state index contributed by atoms with van der Waals surface area (Å²) in [5, 5.41) is 10.2. The summed E-state index contributed by atoms with van der Waals surface area (Å²) in [5.74, 6) is 1.88. The molecule has 0 heterocycles. The zero-order chi connectivity index (χ0) is 20.2. The predicted molar refractivity (Wildman–Crippen MR) is 113 cm³/mol. The van der Waals surface area contributed by atoms with Crippen molar-refractivity contribution in [3.8, 4) is 0 Å². The predicted octanol–water partition coefficient (Wildman–Crippen LogP) is 5.54. The molecule has 7 atom stereocenters. The normalized spacial score (nSPS) is 43.6. The molecule has 29 heavy (non-hydrogen) atoms. The van der Waals surface area contributed by atoms with Crippen molar-refractivity contribution < 1.29 is 14.6 Å². The van der Waals surface area contributed by atoms with Crippen LogP contribution < -0.4 is 0 Å². The standard InChI is InChI=1S/C26H34O3/c1-25-14-12-19(27)16-18(25)8-9-20-21-10-11-23(26(21,2)15-13-22(20)25)29-24(28)17-6-4-3-5-7-17/h3-8,19-23,27H,9-16H2,1-2H3. The molecular weight excluding hydrogens is 360 g/mol. The summed E-state index contributed by atoms with van der Waals surface area (Å²) in [6.45, 7) is 4.85. The first kappa shape index (κ1) is 19.4. The maximum atomic E-state index is 12.7. The molecule has 0 aromatic heterocycles. The second-order valence-electron chi connectivity index (χ2n) is 10.5. The fourth-order valence-electron chi connectivity index (χ4n) is 7.56. The van der Waals surface area contributed by atoms with Crippen LogP contribution in [0.2, 0.25) is 0 Å². The van der Waals surface area contributed by atoms with Crippen molar-refractivity contribution in [1.82, 2.24) is 0 Å².